The average Bonchev–Trinajstić information content (AvgIpc) is 2.23. The van der Waals surface area contributed by atoms with Gasteiger partial charge in [0.15, 0.2) is 0 Å². The lowest BCUT2D eigenvalue weighted by molar-refractivity contribution is -0.118. The fourth-order valence-electron chi connectivity index (χ4n) is 1.66. The molecule has 0 N–H and O–H groups in total. The van der Waals surface area contributed by atoms with Gasteiger partial charge in [0, 0.05) is 16.4 Å². The summed E-state index contributed by atoms with van der Waals surface area (Å²) in [6, 6.07) is 6.03. The van der Waals surface area contributed by atoms with Crippen molar-refractivity contribution < 1.29 is 4.79 Å². The molecule has 1 heterocycles. The molecule has 1 amide bonds. The van der Waals surface area contributed by atoms with E-state index in [0.29, 0.717) is 0 Å². The van der Waals surface area contributed by atoms with Crippen LogP contribution in [-0.2, 0) is 4.79 Å². The van der Waals surface area contributed by atoms with Gasteiger partial charge >= 0.3 is 0 Å². The second-order valence-corrected chi connectivity index (χ2v) is 5.68. The average molecular weight is 286 g/mol. The molecule has 0 aromatic heterocycles. The van der Waals surface area contributed by atoms with Crippen molar-refractivity contribution in [3.8, 4) is 0 Å². The zero-order valence-electron chi connectivity index (χ0n) is 8.66. The van der Waals surface area contributed by atoms with E-state index in [1.54, 1.807) is 16.7 Å². The predicted octanol–water partition coefficient (Wildman–Crippen LogP) is 3.30. The molecule has 15 heavy (non-hydrogen) atoms. The third-order valence-corrected chi connectivity index (χ3v) is 4.42. The van der Waals surface area contributed by atoms with E-state index in [2.05, 4.69) is 22.0 Å². The smallest absolute Gasteiger partial charge is 0.240 e. The fourth-order valence-corrected chi connectivity index (χ4v) is 3.42. The number of hydrogen-bond donors (Lipinski definition) is 0. The lowest BCUT2D eigenvalue weighted by Gasteiger charge is -2.30. The van der Waals surface area contributed by atoms with Gasteiger partial charge in [-0.1, -0.05) is 22.9 Å². The topological polar surface area (TPSA) is 20.3 Å². The maximum Gasteiger partial charge on any atom is 0.240 e. The highest BCUT2D eigenvalue weighted by atomic mass is 79.9. The molecule has 0 fully saturated rings. The van der Waals surface area contributed by atoms with Gasteiger partial charge in [0.2, 0.25) is 5.91 Å². The highest BCUT2D eigenvalue weighted by molar-refractivity contribution is 9.10. The Bertz CT molecular complexity index is 408. The monoisotopic (exact) mass is 285 g/mol. The molecule has 0 spiro atoms. The van der Waals surface area contributed by atoms with Crippen LogP contribution in [0.5, 0.6) is 0 Å². The van der Waals surface area contributed by atoms with Gasteiger partial charge in [-0.2, -0.15) is 0 Å². The van der Waals surface area contributed by atoms with Crippen LogP contribution in [0.1, 0.15) is 13.3 Å². The Labute approximate surface area is 102 Å². The van der Waals surface area contributed by atoms with Crippen molar-refractivity contribution in [1.82, 2.24) is 0 Å². The van der Waals surface area contributed by atoms with Crippen molar-refractivity contribution >= 4 is 39.3 Å². The van der Waals surface area contributed by atoms with Crippen molar-refractivity contribution in [3.05, 3.63) is 22.7 Å². The molecule has 0 bridgehead atoms. The first kappa shape index (κ1) is 11.0. The van der Waals surface area contributed by atoms with E-state index in [9.17, 15) is 4.79 Å². The molecule has 1 aromatic carbocycles. The van der Waals surface area contributed by atoms with E-state index in [-0.39, 0.29) is 11.2 Å². The summed E-state index contributed by atoms with van der Waals surface area (Å²) in [5.74, 6) is 0.206. The standard InChI is InChI=1S/C11H12BrNOS/c1-3-9-11(14)13(2)8-5-4-7(12)6-10(8)15-9/h4-6,9H,3H2,1-2H3. The number of thioether (sulfide) groups is 1. The molecule has 1 aliphatic rings. The molecular formula is C11H12BrNOS. The van der Waals surface area contributed by atoms with Crippen LogP contribution in [-0.4, -0.2) is 18.2 Å². The van der Waals surface area contributed by atoms with Gasteiger partial charge in [-0.25, -0.2) is 0 Å². The number of rotatable bonds is 1. The van der Waals surface area contributed by atoms with Crippen LogP contribution < -0.4 is 4.90 Å². The minimum absolute atomic E-state index is 0.0665. The van der Waals surface area contributed by atoms with Gasteiger partial charge in [-0.3, -0.25) is 4.79 Å². The molecule has 4 heteroatoms. The number of nitrogens with zero attached hydrogens (tertiary/aromatic N) is 1. The minimum atomic E-state index is 0.0665. The van der Waals surface area contributed by atoms with E-state index >= 15 is 0 Å². The van der Waals surface area contributed by atoms with Crippen molar-refractivity contribution in [3.63, 3.8) is 0 Å². The molecule has 0 radical (unpaired) electrons. The van der Waals surface area contributed by atoms with Gasteiger partial charge < -0.3 is 4.90 Å². The second kappa shape index (κ2) is 4.18. The number of benzene rings is 1. The van der Waals surface area contributed by atoms with Crippen LogP contribution in [0.15, 0.2) is 27.6 Å². The molecule has 2 nitrogen and oxygen atoms in total. The molecule has 1 atom stereocenters. The molecule has 0 aliphatic carbocycles. The zero-order chi connectivity index (χ0) is 11.0. The largest absolute Gasteiger partial charge is 0.313 e. The molecule has 1 aliphatic heterocycles. The van der Waals surface area contributed by atoms with E-state index < -0.39 is 0 Å². The number of carbonyl (C=O) groups is 1. The molecule has 80 valence electrons. The number of fused-ring (bicyclic) bond motifs is 1. The summed E-state index contributed by atoms with van der Waals surface area (Å²) < 4.78 is 1.06. The van der Waals surface area contributed by atoms with Crippen LogP contribution in [0.25, 0.3) is 0 Å². The number of halogens is 1. The first-order chi connectivity index (χ1) is 7.13. The lowest BCUT2D eigenvalue weighted by atomic mass is 10.2. The molecule has 0 saturated carbocycles. The maximum atomic E-state index is 11.9. The Kier molecular flexibility index (Phi) is 3.07. The van der Waals surface area contributed by atoms with Crippen molar-refractivity contribution in [2.75, 3.05) is 11.9 Å². The van der Waals surface area contributed by atoms with Gasteiger partial charge in [0.1, 0.15) is 0 Å². The van der Waals surface area contributed by atoms with E-state index in [1.807, 2.05) is 26.1 Å². The quantitative estimate of drug-likeness (QED) is 0.789. The van der Waals surface area contributed by atoms with Gasteiger partial charge in [0.25, 0.3) is 0 Å². The normalized spacial score (nSPS) is 20.3. The number of amides is 1. The van der Waals surface area contributed by atoms with Crippen LogP contribution in [0.2, 0.25) is 0 Å². The Balaban J connectivity index is 2.45. The Morgan fingerprint density at radius 3 is 2.93 bits per heavy atom. The fraction of sp³-hybridized carbons (Fsp3) is 0.364. The summed E-state index contributed by atoms with van der Waals surface area (Å²) >= 11 is 5.11. The van der Waals surface area contributed by atoms with E-state index in [0.717, 1.165) is 16.6 Å². The van der Waals surface area contributed by atoms with Crippen LogP contribution in [0, 0.1) is 0 Å². The van der Waals surface area contributed by atoms with Gasteiger partial charge in [0.05, 0.1) is 10.9 Å². The minimum Gasteiger partial charge on any atom is -0.313 e. The predicted molar refractivity (Wildman–Crippen MR) is 67.5 cm³/mol. The summed E-state index contributed by atoms with van der Waals surface area (Å²) in [4.78, 5) is 14.8. The number of hydrogen-bond acceptors (Lipinski definition) is 2. The summed E-state index contributed by atoms with van der Waals surface area (Å²) in [6.45, 7) is 2.05. The van der Waals surface area contributed by atoms with Crippen molar-refractivity contribution in [2.24, 2.45) is 0 Å². The highest BCUT2D eigenvalue weighted by Crippen LogP contribution is 2.40. The van der Waals surface area contributed by atoms with Gasteiger partial charge in [-0.05, 0) is 24.6 Å². The van der Waals surface area contributed by atoms with E-state index in [4.69, 9.17) is 0 Å². The van der Waals surface area contributed by atoms with E-state index in [1.165, 1.54) is 4.90 Å². The number of anilines is 1. The molecule has 1 aromatic rings. The van der Waals surface area contributed by atoms with Crippen LogP contribution in [0.3, 0.4) is 0 Å². The van der Waals surface area contributed by atoms with Crippen LogP contribution >= 0.6 is 27.7 Å². The van der Waals surface area contributed by atoms with Crippen molar-refractivity contribution in [1.29, 1.82) is 0 Å². The first-order valence-corrected chi connectivity index (χ1v) is 6.54. The summed E-state index contributed by atoms with van der Waals surface area (Å²) in [7, 11) is 1.84. The van der Waals surface area contributed by atoms with Gasteiger partial charge in [-0.15, -0.1) is 11.8 Å². The SMILES string of the molecule is CCC1Sc2cc(Br)ccc2N(C)C1=O. The third-order valence-electron chi connectivity index (χ3n) is 2.53. The highest BCUT2D eigenvalue weighted by Gasteiger charge is 2.29. The molecular weight excluding hydrogens is 274 g/mol. The number of carbonyl (C=O) groups excluding carboxylic acids is 1. The lowest BCUT2D eigenvalue weighted by Crippen LogP contribution is -2.37. The molecule has 0 saturated heterocycles. The molecule has 1 unspecified atom stereocenters. The first-order valence-electron chi connectivity index (χ1n) is 4.87. The van der Waals surface area contributed by atoms with Crippen LogP contribution in [0.4, 0.5) is 5.69 Å². The Morgan fingerprint density at radius 2 is 2.27 bits per heavy atom. The van der Waals surface area contributed by atoms with Crippen molar-refractivity contribution in [2.45, 2.75) is 23.5 Å². The molecule has 2 rings (SSSR count). The summed E-state index contributed by atoms with van der Waals surface area (Å²) in [5.41, 5.74) is 1.01. The third kappa shape index (κ3) is 1.93. The Morgan fingerprint density at radius 1 is 1.53 bits per heavy atom. The Hall–Kier alpha value is -0.480. The zero-order valence-corrected chi connectivity index (χ0v) is 11.1. The summed E-state index contributed by atoms with van der Waals surface area (Å²) in [6.07, 6.45) is 0.875. The maximum absolute atomic E-state index is 11.9. The summed E-state index contributed by atoms with van der Waals surface area (Å²) in [5, 5.41) is 0.0665. The second-order valence-electron chi connectivity index (χ2n) is 3.52.